The summed E-state index contributed by atoms with van der Waals surface area (Å²) in [5.41, 5.74) is 1.26. The molecule has 0 saturated carbocycles. The minimum Gasteiger partial charge on any atom is -0.375 e. The number of hydrogen-bond acceptors (Lipinski definition) is 3. The Morgan fingerprint density at radius 1 is 1.14 bits per heavy atom. The summed E-state index contributed by atoms with van der Waals surface area (Å²) in [6.07, 6.45) is 4.19. The highest BCUT2D eigenvalue weighted by atomic mass is 16.5. The van der Waals surface area contributed by atoms with Gasteiger partial charge in [-0.1, -0.05) is 36.8 Å². The van der Waals surface area contributed by atoms with Crippen LogP contribution in [0.25, 0.3) is 0 Å². The van der Waals surface area contributed by atoms with Crippen molar-refractivity contribution in [1.29, 1.82) is 0 Å². The zero-order chi connectivity index (χ0) is 14.5. The standard InChI is InChI=1S/C18H28N2O/c1-16-7-5-6-10-20(16)18-13-19(14-18)11-12-21-15-17-8-3-2-4-9-17/h2-4,8-9,16,18H,5-7,10-15H2,1H3. The summed E-state index contributed by atoms with van der Waals surface area (Å²) in [5, 5.41) is 0. The quantitative estimate of drug-likeness (QED) is 0.749. The highest BCUT2D eigenvalue weighted by Crippen LogP contribution is 2.24. The topological polar surface area (TPSA) is 15.7 Å². The Balaban J connectivity index is 1.29. The van der Waals surface area contributed by atoms with Crippen LogP contribution in [0.5, 0.6) is 0 Å². The molecule has 0 aromatic heterocycles. The lowest BCUT2D eigenvalue weighted by Crippen LogP contribution is -2.62. The van der Waals surface area contributed by atoms with E-state index in [2.05, 4.69) is 41.0 Å². The van der Waals surface area contributed by atoms with Crippen LogP contribution in [0.15, 0.2) is 30.3 Å². The molecule has 0 bridgehead atoms. The largest absolute Gasteiger partial charge is 0.375 e. The molecule has 2 saturated heterocycles. The monoisotopic (exact) mass is 288 g/mol. The summed E-state index contributed by atoms with van der Waals surface area (Å²) in [5.74, 6) is 0. The molecule has 3 heteroatoms. The van der Waals surface area contributed by atoms with Gasteiger partial charge >= 0.3 is 0 Å². The summed E-state index contributed by atoms with van der Waals surface area (Å²) in [6.45, 7) is 8.83. The minimum absolute atomic E-state index is 0.737. The molecule has 1 aromatic rings. The molecule has 1 aromatic carbocycles. The maximum atomic E-state index is 5.77. The number of rotatable bonds is 6. The SMILES string of the molecule is CC1CCCCN1C1CN(CCOCc2ccccc2)C1. The molecular weight excluding hydrogens is 260 g/mol. The molecule has 2 heterocycles. The average Bonchev–Trinajstić information content (AvgIpc) is 2.47. The first-order valence-electron chi connectivity index (χ1n) is 8.42. The van der Waals surface area contributed by atoms with Gasteiger partial charge in [0.15, 0.2) is 0 Å². The van der Waals surface area contributed by atoms with Gasteiger partial charge in [0.25, 0.3) is 0 Å². The minimum atomic E-state index is 0.737. The number of ether oxygens (including phenoxy) is 1. The van der Waals surface area contributed by atoms with Gasteiger partial charge in [-0.2, -0.15) is 0 Å². The fourth-order valence-corrected chi connectivity index (χ4v) is 3.56. The van der Waals surface area contributed by atoms with E-state index in [0.717, 1.165) is 31.8 Å². The number of benzene rings is 1. The first-order valence-corrected chi connectivity index (χ1v) is 8.42. The molecule has 2 fully saturated rings. The second kappa shape index (κ2) is 7.39. The Morgan fingerprint density at radius 2 is 1.95 bits per heavy atom. The first-order chi connectivity index (χ1) is 10.3. The average molecular weight is 288 g/mol. The van der Waals surface area contributed by atoms with Gasteiger partial charge in [0.1, 0.15) is 0 Å². The Kier molecular flexibility index (Phi) is 5.28. The van der Waals surface area contributed by atoms with Crippen LogP contribution in [0.3, 0.4) is 0 Å². The van der Waals surface area contributed by atoms with Crippen molar-refractivity contribution >= 4 is 0 Å². The molecule has 2 aliphatic heterocycles. The summed E-state index contributed by atoms with van der Waals surface area (Å²) >= 11 is 0. The second-order valence-electron chi connectivity index (χ2n) is 6.53. The van der Waals surface area contributed by atoms with Crippen LogP contribution >= 0.6 is 0 Å². The molecule has 0 aliphatic carbocycles. The fraction of sp³-hybridized carbons (Fsp3) is 0.667. The van der Waals surface area contributed by atoms with Crippen molar-refractivity contribution in [2.75, 3.05) is 32.8 Å². The van der Waals surface area contributed by atoms with E-state index in [4.69, 9.17) is 4.74 Å². The molecule has 1 unspecified atom stereocenters. The summed E-state index contributed by atoms with van der Waals surface area (Å²) < 4.78 is 5.77. The third kappa shape index (κ3) is 4.06. The van der Waals surface area contributed by atoms with Gasteiger partial charge in [-0.3, -0.25) is 9.80 Å². The van der Waals surface area contributed by atoms with Crippen LogP contribution in [0.4, 0.5) is 0 Å². The summed E-state index contributed by atoms with van der Waals surface area (Å²) in [4.78, 5) is 5.25. The van der Waals surface area contributed by atoms with E-state index in [9.17, 15) is 0 Å². The third-order valence-electron chi connectivity index (χ3n) is 4.92. The number of likely N-dealkylation sites (tertiary alicyclic amines) is 2. The zero-order valence-electron chi connectivity index (χ0n) is 13.2. The molecule has 0 spiro atoms. The molecule has 3 rings (SSSR count). The lowest BCUT2D eigenvalue weighted by Gasteiger charge is -2.49. The summed E-state index contributed by atoms with van der Waals surface area (Å²) in [7, 11) is 0. The lowest BCUT2D eigenvalue weighted by atomic mass is 9.97. The van der Waals surface area contributed by atoms with E-state index >= 15 is 0 Å². The van der Waals surface area contributed by atoms with Crippen LogP contribution in [0, 0.1) is 0 Å². The molecule has 0 amide bonds. The third-order valence-corrected chi connectivity index (χ3v) is 4.92. The molecule has 0 radical (unpaired) electrons. The molecule has 2 aliphatic rings. The maximum Gasteiger partial charge on any atom is 0.0717 e. The smallest absolute Gasteiger partial charge is 0.0717 e. The lowest BCUT2D eigenvalue weighted by molar-refractivity contribution is -0.0170. The van der Waals surface area contributed by atoms with Crippen LogP contribution in [0.2, 0.25) is 0 Å². The Labute approximate surface area is 128 Å². The normalized spacial score (nSPS) is 24.9. The maximum absolute atomic E-state index is 5.77. The molecule has 0 N–H and O–H groups in total. The van der Waals surface area contributed by atoms with Gasteiger partial charge in [0.05, 0.1) is 13.2 Å². The van der Waals surface area contributed by atoms with Crippen molar-refractivity contribution in [3.63, 3.8) is 0 Å². The van der Waals surface area contributed by atoms with Crippen LogP contribution in [-0.4, -0.2) is 54.7 Å². The van der Waals surface area contributed by atoms with Crippen molar-refractivity contribution in [1.82, 2.24) is 9.80 Å². The van der Waals surface area contributed by atoms with Crippen molar-refractivity contribution in [3.05, 3.63) is 35.9 Å². The number of nitrogens with zero attached hydrogens (tertiary/aromatic N) is 2. The van der Waals surface area contributed by atoms with Crippen LogP contribution in [-0.2, 0) is 11.3 Å². The van der Waals surface area contributed by atoms with Crippen molar-refractivity contribution < 1.29 is 4.74 Å². The van der Waals surface area contributed by atoms with E-state index < -0.39 is 0 Å². The molecular formula is C18H28N2O. The van der Waals surface area contributed by atoms with Crippen molar-refractivity contribution in [2.45, 2.75) is 44.9 Å². The Morgan fingerprint density at radius 3 is 2.71 bits per heavy atom. The predicted molar refractivity (Wildman–Crippen MR) is 86.3 cm³/mol. The van der Waals surface area contributed by atoms with Crippen LogP contribution < -0.4 is 0 Å². The van der Waals surface area contributed by atoms with Gasteiger partial charge in [-0.25, -0.2) is 0 Å². The van der Waals surface area contributed by atoms with Crippen molar-refractivity contribution in [3.8, 4) is 0 Å². The number of hydrogen-bond donors (Lipinski definition) is 0. The molecule has 21 heavy (non-hydrogen) atoms. The summed E-state index contributed by atoms with van der Waals surface area (Å²) in [6, 6.07) is 12.0. The second-order valence-corrected chi connectivity index (χ2v) is 6.53. The van der Waals surface area contributed by atoms with Gasteiger partial charge in [-0.15, -0.1) is 0 Å². The van der Waals surface area contributed by atoms with Gasteiger partial charge in [0.2, 0.25) is 0 Å². The van der Waals surface area contributed by atoms with Crippen LogP contribution in [0.1, 0.15) is 31.7 Å². The van der Waals surface area contributed by atoms with E-state index in [1.165, 1.54) is 44.5 Å². The van der Waals surface area contributed by atoms with E-state index in [1.54, 1.807) is 0 Å². The van der Waals surface area contributed by atoms with E-state index in [0.29, 0.717) is 0 Å². The van der Waals surface area contributed by atoms with E-state index in [1.807, 2.05) is 6.07 Å². The molecule has 1 atom stereocenters. The Hall–Kier alpha value is -0.900. The van der Waals surface area contributed by atoms with Gasteiger partial charge < -0.3 is 4.74 Å². The number of piperidine rings is 1. The zero-order valence-corrected chi connectivity index (χ0v) is 13.2. The highest BCUT2D eigenvalue weighted by molar-refractivity contribution is 5.13. The van der Waals surface area contributed by atoms with E-state index in [-0.39, 0.29) is 0 Å². The molecule has 116 valence electrons. The highest BCUT2D eigenvalue weighted by Gasteiger charge is 2.34. The first kappa shape index (κ1) is 15.0. The molecule has 3 nitrogen and oxygen atoms in total. The van der Waals surface area contributed by atoms with Gasteiger partial charge in [-0.05, 0) is 31.9 Å². The van der Waals surface area contributed by atoms with Crippen molar-refractivity contribution in [2.24, 2.45) is 0 Å². The Bertz CT molecular complexity index is 416. The van der Waals surface area contributed by atoms with Gasteiger partial charge in [0, 0.05) is 31.7 Å². The predicted octanol–water partition coefficient (Wildman–Crippen LogP) is 2.76. The fourth-order valence-electron chi connectivity index (χ4n) is 3.56.